The lowest BCUT2D eigenvalue weighted by Gasteiger charge is -2.35. The minimum Gasteiger partial charge on any atom is -0.496 e. The van der Waals surface area contributed by atoms with Crippen molar-refractivity contribution in [1.29, 1.82) is 0 Å². The van der Waals surface area contributed by atoms with Gasteiger partial charge in [0.1, 0.15) is 5.75 Å². The Bertz CT molecular complexity index is 469. The van der Waals surface area contributed by atoms with Gasteiger partial charge in [-0.15, -0.1) is 0 Å². The second-order valence-corrected chi connectivity index (χ2v) is 5.20. The maximum atomic E-state index is 12.4. The summed E-state index contributed by atoms with van der Waals surface area (Å²) >= 11 is 0. The van der Waals surface area contributed by atoms with Crippen molar-refractivity contribution in [2.24, 2.45) is 0 Å². The third-order valence-electron chi connectivity index (χ3n) is 3.64. The van der Waals surface area contributed by atoms with E-state index in [-0.39, 0.29) is 5.91 Å². The fraction of sp³-hybridized carbons (Fsp3) is 0.533. The molecule has 0 unspecified atom stereocenters. The lowest BCUT2D eigenvalue weighted by molar-refractivity contribution is -0.0734. The van der Waals surface area contributed by atoms with E-state index < -0.39 is 5.60 Å². The number of carbonyl (C=O) groups is 1. The van der Waals surface area contributed by atoms with E-state index in [0.717, 1.165) is 0 Å². The molecule has 0 radical (unpaired) electrons. The number of hydrogen-bond donors (Lipinski definition) is 1. The van der Waals surface area contributed by atoms with Gasteiger partial charge in [0.05, 0.1) is 18.3 Å². The fourth-order valence-corrected chi connectivity index (χ4v) is 2.45. The number of para-hydroxylation sites is 1. The van der Waals surface area contributed by atoms with Crippen LogP contribution in [0.4, 0.5) is 0 Å². The Balaban J connectivity index is 2.08. The Morgan fingerprint density at radius 2 is 2.05 bits per heavy atom. The normalized spacial score (nSPS) is 17.6. The van der Waals surface area contributed by atoms with Gasteiger partial charge in [-0.3, -0.25) is 4.79 Å². The molecule has 1 aromatic carbocycles. The van der Waals surface area contributed by atoms with E-state index in [2.05, 4.69) is 0 Å². The van der Waals surface area contributed by atoms with Gasteiger partial charge in [0, 0.05) is 39.6 Å². The van der Waals surface area contributed by atoms with E-state index in [4.69, 9.17) is 9.47 Å². The van der Waals surface area contributed by atoms with Crippen molar-refractivity contribution in [1.82, 2.24) is 4.90 Å². The summed E-state index contributed by atoms with van der Waals surface area (Å²) in [5.41, 5.74) is -0.349. The highest BCUT2D eigenvalue weighted by Crippen LogP contribution is 2.24. The fourth-order valence-electron chi connectivity index (χ4n) is 2.45. The van der Waals surface area contributed by atoms with Crippen molar-refractivity contribution in [2.45, 2.75) is 18.4 Å². The second-order valence-electron chi connectivity index (χ2n) is 5.20. The van der Waals surface area contributed by atoms with E-state index >= 15 is 0 Å². The molecule has 1 amide bonds. The molecule has 1 fully saturated rings. The van der Waals surface area contributed by atoms with Crippen molar-refractivity contribution in [3.05, 3.63) is 29.8 Å². The van der Waals surface area contributed by atoms with E-state index in [1.165, 1.54) is 7.11 Å². The molecule has 1 aliphatic rings. The SMILES string of the molecule is COc1ccccc1C(=O)N(C)CC1(O)CCOCC1. The van der Waals surface area contributed by atoms with Crippen molar-refractivity contribution >= 4 is 5.91 Å². The predicted octanol–water partition coefficient (Wildman–Crippen LogP) is 1.31. The summed E-state index contributed by atoms with van der Waals surface area (Å²) in [5.74, 6) is 0.394. The lowest BCUT2D eigenvalue weighted by atomic mass is 9.93. The number of methoxy groups -OCH3 is 1. The second kappa shape index (κ2) is 6.24. The third-order valence-corrected chi connectivity index (χ3v) is 3.64. The summed E-state index contributed by atoms with van der Waals surface area (Å²) in [4.78, 5) is 14.0. The first kappa shape index (κ1) is 14.8. The smallest absolute Gasteiger partial charge is 0.257 e. The number of hydrogen-bond acceptors (Lipinski definition) is 4. The molecule has 0 saturated carbocycles. The molecule has 0 aromatic heterocycles. The Kier molecular flexibility index (Phi) is 4.62. The van der Waals surface area contributed by atoms with Crippen LogP contribution in [0.25, 0.3) is 0 Å². The molecular weight excluding hydrogens is 258 g/mol. The van der Waals surface area contributed by atoms with E-state index in [1.54, 1.807) is 30.1 Å². The average molecular weight is 279 g/mol. The Morgan fingerprint density at radius 1 is 1.40 bits per heavy atom. The zero-order chi connectivity index (χ0) is 14.6. The first-order chi connectivity index (χ1) is 9.56. The molecule has 2 rings (SSSR count). The molecule has 0 aliphatic carbocycles. The van der Waals surface area contributed by atoms with Crippen LogP contribution in [-0.4, -0.2) is 55.4 Å². The standard InChI is InChI=1S/C15H21NO4/c1-16(11-15(18)7-9-20-10-8-15)14(17)12-5-3-4-6-13(12)19-2/h3-6,18H,7-11H2,1-2H3. The topological polar surface area (TPSA) is 59.0 Å². The Hall–Kier alpha value is -1.59. The quantitative estimate of drug-likeness (QED) is 0.903. The zero-order valence-electron chi connectivity index (χ0n) is 12.0. The highest BCUT2D eigenvalue weighted by atomic mass is 16.5. The molecule has 110 valence electrons. The molecule has 0 bridgehead atoms. The summed E-state index contributed by atoms with van der Waals surface area (Å²) in [6.07, 6.45) is 1.10. The number of nitrogens with zero attached hydrogens (tertiary/aromatic N) is 1. The largest absolute Gasteiger partial charge is 0.496 e. The van der Waals surface area contributed by atoms with Crippen LogP contribution in [-0.2, 0) is 4.74 Å². The van der Waals surface area contributed by atoms with Gasteiger partial charge >= 0.3 is 0 Å². The molecule has 1 aromatic rings. The minimum atomic E-state index is -0.856. The highest BCUT2D eigenvalue weighted by molar-refractivity contribution is 5.96. The van der Waals surface area contributed by atoms with E-state index in [9.17, 15) is 9.90 Å². The maximum Gasteiger partial charge on any atom is 0.257 e. The van der Waals surface area contributed by atoms with Gasteiger partial charge < -0.3 is 19.5 Å². The zero-order valence-corrected chi connectivity index (χ0v) is 12.0. The van der Waals surface area contributed by atoms with Crippen LogP contribution in [0.2, 0.25) is 0 Å². The van der Waals surface area contributed by atoms with Crippen LogP contribution < -0.4 is 4.74 Å². The summed E-state index contributed by atoms with van der Waals surface area (Å²) < 4.78 is 10.4. The first-order valence-corrected chi connectivity index (χ1v) is 6.74. The molecule has 0 atom stereocenters. The lowest BCUT2D eigenvalue weighted by Crippen LogP contribution is -2.47. The van der Waals surface area contributed by atoms with Crippen molar-refractivity contribution in [3.63, 3.8) is 0 Å². The van der Waals surface area contributed by atoms with Gasteiger partial charge in [0.25, 0.3) is 5.91 Å². The number of benzene rings is 1. The van der Waals surface area contributed by atoms with Crippen LogP contribution in [0.5, 0.6) is 5.75 Å². The van der Waals surface area contributed by atoms with Gasteiger partial charge in [0.15, 0.2) is 0 Å². The molecular formula is C15H21NO4. The van der Waals surface area contributed by atoms with Crippen LogP contribution in [0.15, 0.2) is 24.3 Å². The third kappa shape index (κ3) is 3.29. The summed E-state index contributed by atoms with van der Waals surface area (Å²) in [6.45, 7) is 1.37. The number of aliphatic hydroxyl groups is 1. The number of rotatable bonds is 4. The van der Waals surface area contributed by atoms with Crippen LogP contribution in [0.3, 0.4) is 0 Å². The monoisotopic (exact) mass is 279 g/mol. The minimum absolute atomic E-state index is 0.151. The van der Waals surface area contributed by atoms with Crippen LogP contribution in [0, 0.1) is 0 Å². The Morgan fingerprint density at radius 3 is 2.70 bits per heavy atom. The van der Waals surface area contributed by atoms with Crippen molar-refractivity contribution < 1.29 is 19.4 Å². The van der Waals surface area contributed by atoms with E-state index in [1.807, 2.05) is 6.07 Å². The molecule has 1 N–H and O–H groups in total. The molecule has 1 saturated heterocycles. The van der Waals surface area contributed by atoms with Crippen molar-refractivity contribution in [3.8, 4) is 5.75 Å². The predicted molar refractivity (Wildman–Crippen MR) is 75.0 cm³/mol. The van der Waals surface area contributed by atoms with Gasteiger partial charge in [-0.2, -0.15) is 0 Å². The number of likely N-dealkylation sites (N-methyl/N-ethyl adjacent to an activating group) is 1. The summed E-state index contributed by atoms with van der Waals surface area (Å²) in [5, 5.41) is 10.5. The maximum absolute atomic E-state index is 12.4. The molecule has 5 heteroatoms. The van der Waals surface area contributed by atoms with Gasteiger partial charge in [0.2, 0.25) is 0 Å². The summed E-state index contributed by atoms with van der Waals surface area (Å²) in [7, 11) is 3.24. The average Bonchev–Trinajstić information content (AvgIpc) is 2.46. The van der Waals surface area contributed by atoms with Crippen LogP contribution >= 0.6 is 0 Å². The molecule has 1 heterocycles. The van der Waals surface area contributed by atoms with Crippen molar-refractivity contribution in [2.75, 3.05) is 33.9 Å². The highest BCUT2D eigenvalue weighted by Gasteiger charge is 2.32. The van der Waals surface area contributed by atoms with Gasteiger partial charge in [-0.1, -0.05) is 12.1 Å². The van der Waals surface area contributed by atoms with Crippen LogP contribution in [0.1, 0.15) is 23.2 Å². The Labute approximate surface area is 119 Å². The van der Waals surface area contributed by atoms with E-state index in [0.29, 0.717) is 43.9 Å². The first-order valence-electron chi connectivity index (χ1n) is 6.74. The van der Waals surface area contributed by atoms with Gasteiger partial charge in [-0.25, -0.2) is 0 Å². The molecule has 5 nitrogen and oxygen atoms in total. The summed E-state index contributed by atoms with van der Waals surface area (Å²) in [6, 6.07) is 7.10. The van der Waals surface area contributed by atoms with Gasteiger partial charge in [-0.05, 0) is 12.1 Å². The molecule has 0 spiro atoms. The number of carbonyl (C=O) groups excluding carboxylic acids is 1. The molecule has 1 aliphatic heterocycles. The molecule has 20 heavy (non-hydrogen) atoms. The number of ether oxygens (including phenoxy) is 2. The number of amides is 1.